The molecule has 182 valence electrons. The number of benzene rings is 2. The van der Waals surface area contributed by atoms with Crippen LogP contribution < -0.4 is 0 Å². The van der Waals surface area contributed by atoms with E-state index in [1.54, 1.807) is 0 Å². The number of halogens is 3. The molecule has 0 heterocycles. The van der Waals surface area contributed by atoms with Crippen LogP contribution in [-0.2, 0) is 23.8 Å². The number of aliphatic hydroxyl groups is 1. The Hall–Kier alpha value is -2.21. The number of alkyl halides is 3. The zero-order chi connectivity index (χ0) is 24.7. The Kier molecular flexibility index (Phi) is 6.92. The predicted octanol–water partition coefficient (Wildman–Crippen LogP) is 7.96. The van der Waals surface area contributed by atoms with E-state index in [0.29, 0.717) is 18.4 Å². The number of rotatable bonds is 7. The standard InChI is InChI=1S/C28H31F3O2S/c1-4-18-12-17(3)13-19(5-2)25(18)26-23(32)14-21(15-24(26)33)27(10-11-27)16-34-22-8-6-20(7-9-22)28(29,30)31/h6-9,12-13,21,32H,4-5,10-11,14-16H2,1-3H3. The molecule has 2 aromatic rings. The van der Waals surface area contributed by atoms with Crippen LogP contribution in [0.4, 0.5) is 13.2 Å². The average molecular weight is 489 g/mol. The van der Waals surface area contributed by atoms with Crippen LogP contribution in [0, 0.1) is 18.3 Å². The number of Topliss-reactive ketones (excluding diaryl/α,β-unsaturated/α-hetero) is 1. The van der Waals surface area contributed by atoms with Crippen LogP contribution in [0.1, 0.15) is 67.3 Å². The van der Waals surface area contributed by atoms with E-state index < -0.39 is 11.7 Å². The molecule has 0 saturated heterocycles. The lowest BCUT2D eigenvalue weighted by atomic mass is 9.74. The van der Waals surface area contributed by atoms with Crippen LogP contribution >= 0.6 is 11.8 Å². The molecule has 2 nitrogen and oxygen atoms in total. The van der Waals surface area contributed by atoms with Gasteiger partial charge in [-0.2, -0.15) is 13.2 Å². The van der Waals surface area contributed by atoms with Gasteiger partial charge in [-0.15, -0.1) is 11.8 Å². The summed E-state index contributed by atoms with van der Waals surface area (Å²) in [5, 5.41) is 11.1. The van der Waals surface area contributed by atoms with Crippen molar-refractivity contribution in [3.63, 3.8) is 0 Å². The third kappa shape index (κ3) is 4.93. The van der Waals surface area contributed by atoms with Gasteiger partial charge >= 0.3 is 6.18 Å². The number of hydrogen-bond donors (Lipinski definition) is 1. The Labute approximate surface area is 203 Å². The quantitative estimate of drug-likeness (QED) is 0.402. The van der Waals surface area contributed by atoms with Crippen LogP contribution in [0.15, 0.2) is 47.1 Å². The number of carbonyl (C=O) groups is 1. The number of aryl methyl sites for hydroxylation is 3. The molecule has 2 aromatic carbocycles. The molecule has 1 N–H and O–H groups in total. The van der Waals surface area contributed by atoms with Gasteiger partial charge in [0.15, 0.2) is 5.78 Å². The first-order valence-electron chi connectivity index (χ1n) is 12.0. The Morgan fingerprint density at radius 1 is 1.03 bits per heavy atom. The Morgan fingerprint density at radius 3 is 2.09 bits per heavy atom. The summed E-state index contributed by atoms with van der Waals surface area (Å²) in [6, 6.07) is 9.48. The van der Waals surface area contributed by atoms with E-state index in [2.05, 4.69) is 32.9 Å². The molecule has 0 amide bonds. The van der Waals surface area contributed by atoms with Crippen LogP contribution in [0.5, 0.6) is 0 Å². The number of aliphatic hydroxyl groups excluding tert-OH is 1. The summed E-state index contributed by atoms with van der Waals surface area (Å²) in [6.45, 7) is 6.20. The predicted molar refractivity (Wildman–Crippen MR) is 131 cm³/mol. The zero-order valence-electron chi connectivity index (χ0n) is 19.9. The molecule has 1 saturated carbocycles. The Bertz CT molecular complexity index is 1090. The minimum Gasteiger partial charge on any atom is -0.512 e. The van der Waals surface area contributed by atoms with E-state index in [0.717, 1.165) is 70.7 Å². The summed E-state index contributed by atoms with van der Waals surface area (Å²) in [7, 11) is 0. The second kappa shape index (κ2) is 9.44. The van der Waals surface area contributed by atoms with E-state index in [1.165, 1.54) is 23.9 Å². The molecule has 0 aromatic heterocycles. The molecule has 0 radical (unpaired) electrons. The lowest BCUT2D eigenvalue weighted by Crippen LogP contribution is -2.28. The highest BCUT2D eigenvalue weighted by Crippen LogP contribution is 2.59. The van der Waals surface area contributed by atoms with Gasteiger partial charge in [-0.25, -0.2) is 0 Å². The van der Waals surface area contributed by atoms with Gasteiger partial charge in [0, 0.05) is 23.5 Å². The molecular weight excluding hydrogens is 457 g/mol. The van der Waals surface area contributed by atoms with Crippen LogP contribution in [-0.4, -0.2) is 16.6 Å². The summed E-state index contributed by atoms with van der Waals surface area (Å²) in [4.78, 5) is 14.2. The maximum atomic E-state index is 13.4. The summed E-state index contributed by atoms with van der Waals surface area (Å²) in [5.41, 5.74) is 4.09. The lowest BCUT2D eigenvalue weighted by molar-refractivity contribution is -0.137. The van der Waals surface area contributed by atoms with Gasteiger partial charge in [0.05, 0.1) is 11.1 Å². The van der Waals surface area contributed by atoms with E-state index in [1.807, 2.05) is 0 Å². The first-order chi connectivity index (χ1) is 16.1. The first-order valence-corrected chi connectivity index (χ1v) is 12.9. The fraction of sp³-hybridized carbons (Fsp3) is 0.464. The van der Waals surface area contributed by atoms with Gasteiger partial charge < -0.3 is 5.11 Å². The van der Waals surface area contributed by atoms with Crippen molar-refractivity contribution < 1.29 is 23.1 Å². The normalized spacial score (nSPS) is 20.1. The van der Waals surface area contributed by atoms with Gasteiger partial charge in [-0.3, -0.25) is 4.79 Å². The maximum absolute atomic E-state index is 13.4. The summed E-state index contributed by atoms with van der Waals surface area (Å²) < 4.78 is 38.5. The molecule has 0 spiro atoms. The number of ketones is 1. The van der Waals surface area contributed by atoms with Gasteiger partial charge in [-0.1, -0.05) is 31.5 Å². The summed E-state index contributed by atoms with van der Waals surface area (Å²) >= 11 is 1.54. The minimum atomic E-state index is -4.34. The highest BCUT2D eigenvalue weighted by Gasteiger charge is 2.51. The third-order valence-corrected chi connectivity index (χ3v) is 8.69. The molecule has 34 heavy (non-hydrogen) atoms. The number of allylic oxidation sites excluding steroid dienone is 2. The van der Waals surface area contributed by atoms with Crippen LogP contribution in [0.2, 0.25) is 0 Å². The molecule has 0 aliphatic heterocycles. The number of carbonyl (C=O) groups excluding carboxylic acids is 1. The number of hydrogen-bond acceptors (Lipinski definition) is 3. The zero-order valence-corrected chi connectivity index (χ0v) is 20.7. The SMILES string of the molecule is CCc1cc(C)cc(CC)c1C1=C(O)CC(C2(CSc3ccc(C(F)(F)F)cc3)CC2)CC1=O. The molecule has 1 atom stereocenters. The van der Waals surface area contributed by atoms with Crippen molar-refractivity contribution in [2.24, 2.45) is 11.3 Å². The lowest BCUT2D eigenvalue weighted by Gasteiger charge is -2.31. The molecule has 2 aliphatic carbocycles. The van der Waals surface area contributed by atoms with Gasteiger partial charge in [0.1, 0.15) is 5.76 Å². The molecule has 1 fully saturated rings. The van der Waals surface area contributed by atoms with Crippen molar-refractivity contribution in [2.75, 3.05) is 5.75 Å². The van der Waals surface area contributed by atoms with Crippen molar-refractivity contribution in [3.05, 3.63) is 70.0 Å². The topological polar surface area (TPSA) is 37.3 Å². The third-order valence-electron chi connectivity index (χ3n) is 7.36. The smallest absolute Gasteiger partial charge is 0.416 e. The van der Waals surface area contributed by atoms with E-state index in [9.17, 15) is 23.1 Å². The second-order valence-corrected chi connectivity index (χ2v) is 10.7. The summed E-state index contributed by atoms with van der Waals surface area (Å²) in [5.74, 6) is 1.00. The molecule has 6 heteroatoms. The molecule has 0 bridgehead atoms. The van der Waals surface area contributed by atoms with E-state index >= 15 is 0 Å². The van der Waals surface area contributed by atoms with Crippen molar-refractivity contribution in [1.82, 2.24) is 0 Å². The largest absolute Gasteiger partial charge is 0.512 e. The Balaban J connectivity index is 1.53. The van der Waals surface area contributed by atoms with Crippen molar-refractivity contribution >= 4 is 23.1 Å². The van der Waals surface area contributed by atoms with E-state index in [-0.39, 0.29) is 22.9 Å². The van der Waals surface area contributed by atoms with Crippen molar-refractivity contribution in [3.8, 4) is 0 Å². The van der Waals surface area contributed by atoms with Crippen molar-refractivity contribution in [2.45, 2.75) is 70.4 Å². The first kappa shape index (κ1) is 24.9. The van der Waals surface area contributed by atoms with Crippen LogP contribution in [0.3, 0.4) is 0 Å². The fourth-order valence-electron chi connectivity index (χ4n) is 5.23. The maximum Gasteiger partial charge on any atom is 0.416 e. The molecule has 1 unspecified atom stereocenters. The highest BCUT2D eigenvalue weighted by atomic mass is 32.2. The highest BCUT2D eigenvalue weighted by molar-refractivity contribution is 7.99. The second-order valence-electron chi connectivity index (χ2n) is 9.69. The minimum absolute atomic E-state index is 0.00723. The monoisotopic (exact) mass is 488 g/mol. The van der Waals surface area contributed by atoms with E-state index in [4.69, 9.17) is 0 Å². The van der Waals surface area contributed by atoms with Gasteiger partial charge in [0.2, 0.25) is 0 Å². The average Bonchev–Trinajstić information content (AvgIpc) is 3.58. The number of thioether (sulfide) groups is 1. The molecule has 2 aliphatic rings. The molecule has 4 rings (SSSR count). The van der Waals surface area contributed by atoms with Crippen molar-refractivity contribution in [1.29, 1.82) is 0 Å². The van der Waals surface area contributed by atoms with Crippen LogP contribution in [0.25, 0.3) is 5.57 Å². The Morgan fingerprint density at radius 2 is 1.62 bits per heavy atom. The molecular formula is C28H31F3O2S. The van der Waals surface area contributed by atoms with Gasteiger partial charge in [0.25, 0.3) is 0 Å². The summed E-state index contributed by atoms with van der Waals surface area (Å²) in [6.07, 6.45) is 0.106. The fourth-order valence-corrected chi connectivity index (χ4v) is 6.54. The van der Waals surface area contributed by atoms with Gasteiger partial charge in [-0.05, 0) is 84.9 Å².